The summed E-state index contributed by atoms with van der Waals surface area (Å²) in [6.07, 6.45) is 7.33. The van der Waals surface area contributed by atoms with Crippen LogP contribution in [0.25, 0.3) is 16.9 Å². The molecule has 4 aromatic rings. The van der Waals surface area contributed by atoms with E-state index in [0.717, 1.165) is 16.9 Å². The van der Waals surface area contributed by atoms with Crippen molar-refractivity contribution in [1.29, 1.82) is 5.26 Å². The van der Waals surface area contributed by atoms with Gasteiger partial charge >= 0.3 is 0 Å². The molecule has 0 aliphatic carbocycles. The molecule has 0 atom stereocenters. The fourth-order valence-electron chi connectivity index (χ4n) is 4.18. The molecule has 13 heteroatoms. The van der Waals surface area contributed by atoms with Gasteiger partial charge in [-0.2, -0.15) is 24.7 Å². The van der Waals surface area contributed by atoms with Crippen LogP contribution >= 0.6 is 0 Å². The van der Waals surface area contributed by atoms with Crippen molar-refractivity contribution in [1.82, 2.24) is 38.5 Å². The summed E-state index contributed by atoms with van der Waals surface area (Å²) in [7, 11) is -3.31. The van der Waals surface area contributed by atoms with E-state index < -0.39 is 15.6 Å². The van der Waals surface area contributed by atoms with Gasteiger partial charge in [0.1, 0.15) is 5.54 Å². The van der Waals surface area contributed by atoms with Crippen LogP contribution in [0.5, 0.6) is 0 Å². The third kappa shape index (κ3) is 4.04. The number of sulfonamides is 1. The molecule has 0 unspecified atom stereocenters. The lowest BCUT2D eigenvalue weighted by Gasteiger charge is -2.47. The van der Waals surface area contributed by atoms with Gasteiger partial charge in [-0.15, -0.1) is 5.10 Å². The second kappa shape index (κ2) is 8.47. The topological polar surface area (TPSA) is 139 Å². The predicted octanol–water partition coefficient (Wildman–Crippen LogP) is 2.39. The quantitative estimate of drug-likeness (QED) is 0.394. The van der Waals surface area contributed by atoms with E-state index in [0.29, 0.717) is 11.6 Å². The van der Waals surface area contributed by atoms with Crippen molar-refractivity contribution in [2.24, 2.45) is 0 Å². The molecule has 0 radical (unpaired) electrons. The van der Waals surface area contributed by atoms with Gasteiger partial charge in [-0.1, -0.05) is 6.07 Å². The van der Waals surface area contributed by atoms with Crippen LogP contribution in [0.2, 0.25) is 0 Å². The van der Waals surface area contributed by atoms with E-state index in [1.165, 1.54) is 4.31 Å². The summed E-state index contributed by atoms with van der Waals surface area (Å²) in [4.78, 5) is 4.57. The largest absolute Gasteiger partial charge is 0.320 e. The molecule has 35 heavy (non-hydrogen) atoms. The summed E-state index contributed by atoms with van der Waals surface area (Å²) in [5.41, 5.74) is 2.32. The lowest BCUT2D eigenvalue weighted by Crippen LogP contribution is -2.64. The highest BCUT2D eigenvalue weighted by Crippen LogP contribution is 2.35. The lowest BCUT2D eigenvalue weighted by atomic mass is 9.89. The number of anilines is 2. The maximum atomic E-state index is 12.2. The second-order valence-corrected chi connectivity index (χ2v) is 11.2. The van der Waals surface area contributed by atoms with E-state index >= 15 is 0 Å². The third-order valence-electron chi connectivity index (χ3n) is 6.22. The number of nitriles is 1. The number of nitrogens with zero attached hydrogens (tertiary/aromatic N) is 9. The minimum atomic E-state index is -3.31. The molecule has 0 saturated carbocycles. The van der Waals surface area contributed by atoms with Crippen molar-refractivity contribution in [2.45, 2.75) is 38.8 Å². The Labute approximate surface area is 202 Å². The summed E-state index contributed by atoms with van der Waals surface area (Å²) in [6.45, 7) is 6.17. The normalized spacial score (nSPS) is 15.9. The van der Waals surface area contributed by atoms with Gasteiger partial charge in [0, 0.05) is 37.1 Å². The molecular formula is C22H26N10O2S. The number of hydrogen-bond donors (Lipinski definition) is 1. The number of hydrogen-bond acceptors (Lipinski definition) is 8. The Balaban J connectivity index is 1.43. The average Bonchev–Trinajstić information content (AvgIpc) is 3.55. The summed E-state index contributed by atoms with van der Waals surface area (Å²) in [5.74, 6) is 0.469. The third-order valence-corrected chi connectivity index (χ3v) is 7.99. The SMILES string of the molecule is CCS(=O)(=O)N1CC(CC#N)(n2cc(-c3cccc4nc(Nc5cnn(C(C)C)c5)nn34)cn2)C1. The molecule has 4 aromatic heterocycles. The first-order chi connectivity index (χ1) is 16.7. The van der Waals surface area contributed by atoms with Crippen molar-refractivity contribution in [3.63, 3.8) is 0 Å². The van der Waals surface area contributed by atoms with Crippen LogP contribution in [-0.4, -0.2) is 65.7 Å². The van der Waals surface area contributed by atoms with Crippen molar-refractivity contribution >= 4 is 27.3 Å². The van der Waals surface area contributed by atoms with Crippen LogP contribution < -0.4 is 5.32 Å². The Hall–Kier alpha value is -3.76. The highest BCUT2D eigenvalue weighted by atomic mass is 32.2. The number of fused-ring (bicyclic) bond motifs is 1. The van der Waals surface area contributed by atoms with Gasteiger partial charge in [0.25, 0.3) is 0 Å². The Morgan fingerprint density at radius 3 is 2.69 bits per heavy atom. The van der Waals surface area contributed by atoms with Gasteiger partial charge in [0.2, 0.25) is 16.0 Å². The molecule has 0 amide bonds. The highest BCUT2D eigenvalue weighted by Gasteiger charge is 2.49. The maximum absolute atomic E-state index is 12.2. The van der Waals surface area contributed by atoms with Gasteiger partial charge in [-0.25, -0.2) is 12.9 Å². The van der Waals surface area contributed by atoms with Crippen molar-refractivity contribution in [3.8, 4) is 17.3 Å². The zero-order valence-electron chi connectivity index (χ0n) is 19.7. The summed E-state index contributed by atoms with van der Waals surface area (Å²) in [6, 6.07) is 8.10. The number of aromatic nitrogens is 7. The van der Waals surface area contributed by atoms with Gasteiger partial charge in [0.15, 0.2) is 5.65 Å². The highest BCUT2D eigenvalue weighted by molar-refractivity contribution is 7.89. The van der Waals surface area contributed by atoms with Crippen LogP contribution in [0.4, 0.5) is 11.6 Å². The standard InChI is InChI=1S/C22H26N10O2S/c1-4-35(33,34)29-14-22(15-29,8-9-23)31-12-17(10-25-31)19-6-5-7-20-27-21(28-32(19)20)26-18-11-24-30(13-18)16(2)3/h5-7,10-13,16H,4,8,14-15H2,1-3H3,(H,26,28). The molecule has 1 saturated heterocycles. The van der Waals surface area contributed by atoms with E-state index in [4.69, 9.17) is 0 Å². The minimum absolute atomic E-state index is 0.0307. The molecule has 182 valence electrons. The lowest BCUT2D eigenvalue weighted by molar-refractivity contribution is 0.0719. The Morgan fingerprint density at radius 2 is 2.00 bits per heavy atom. The Morgan fingerprint density at radius 1 is 1.20 bits per heavy atom. The van der Waals surface area contributed by atoms with Crippen molar-refractivity contribution < 1.29 is 8.42 Å². The molecule has 1 N–H and O–H groups in total. The molecule has 0 spiro atoms. The van der Waals surface area contributed by atoms with E-state index in [9.17, 15) is 13.7 Å². The molecule has 5 heterocycles. The van der Waals surface area contributed by atoms with Gasteiger partial charge in [0.05, 0.1) is 42.0 Å². The molecule has 0 bridgehead atoms. The fraction of sp³-hybridized carbons (Fsp3) is 0.409. The van der Waals surface area contributed by atoms with Crippen LogP contribution in [0.15, 0.2) is 43.0 Å². The fourth-order valence-corrected chi connectivity index (χ4v) is 5.42. The summed E-state index contributed by atoms with van der Waals surface area (Å²) >= 11 is 0. The first-order valence-corrected chi connectivity index (χ1v) is 12.9. The predicted molar refractivity (Wildman–Crippen MR) is 129 cm³/mol. The van der Waals surface area contributed by atoms with Crippen LogP contribution in [0.1, 0.15) is 33.2 Å². The minimum Gasteiger partial charge on any atom is -0.320 e. The summed E-state index contributed by atoms with van der Waals surface area (Å²) in [5, 5.41) is 26.0. The van der Waals surface area contributed by atoms with E-state index in [-0.39, 0.29) is 31.3 Å². The van der Waals surface area contributed by atoms with Gasteiger partial charge in [-0.05, 0) is 32.9 Å². The maximum Gasteiger partial charge on any atom is 0.247 e. The molecule has 0 aromatic carbocycles. The van der Waals surface area contributed by atoms with E-state index in [1.807, 2.05) is 35.3 Å². The Bertz CT molecular complexity index is 1520. The van der Waals surface area contributed by atoms with Crippen molar-refractivity contribution in [2.75, 3.05) is 24.2 Å². The van der Waals surface area contributed by atoms with Crippen LogP contribution in [-0.2, 0) is 15.6 Å². The first kappa shape index (κ1) is 23.0. The smallest absolute Gasteiger partial charge is 0.247 e. The first-order valence-electron chi connectivity index (χ1n) is 11.3. The monoisotopic (exact) mass is 494 g/mol. The van der Waals surface area contributed by atoms with E-state index in [2.05, 4.69) is 45.5 Å². The number of rotatable bonds is 8. The molecule has 1 aliphatic heterocycles. The van der Waals surface area contributed by atoms with Crippen LogP contribution in [0, 0.1) is 11.3 Å². The summed E-state index contributed by atoms with van der Waals surface area (Å²) < 4.78 is 31.1. The zero-order chi connectivity index (χ0) is 24.8. The Kier molecular flexibility index (Phi) is 5.57. The molecular weight excluding hydrogens is 468 g/mol. The zero-order valence-corrected chi connectivity index (χ0v) is 20.5. The van der Waals surface area contributed by atoms with Crippen LogP contribution in [0.3, 0.4) is 0 Å². The van der Waals surface area contributed by atoms with E-state index in [1.54, 1.807) is 28.5 Å². The number of nitrogens with one attached hydrogen (secondary N) is 1. The van der Waals surface area contributed by atoms with Gasteiger partial charge < -0.3 is 5.32 Å². The molecule has 1 fully saturated rings. The average molecular weight is 495 g/mol. The van der Waals surface area contributed by atoms with Crippen molar-refractivity contribution in [3.05, 3.63) is 43.0 Å². The number of pyridine rings is 1. The second-order valence-electron chi connectivity index (χ2n) is 8.95. The van der Waals surface area contributed by atoms with Gasteiger partial charge in [-0.3, -0.25) is 9.36 Å². The molecule has 1 aliphatic rings. The molecule has 5 rings (SSSR count). The molecule has 12 nitrogen and oxygen atoms in total.